The molecule has 0 spiro atoms. The summed E-state index contributed by atoms with van der Waals surface area (Å²) in [5.74, 6) is -0.223. The first-order valence-electron chi connectivity index (χ1n) is 4.07. The fourth-order valence-electron chi connectivity index (χ4n) is 1.39. The van der Waals surface area contributed by atoms with Gasteiger partial charge in [-0.15, -0.1) is 0 Å². The molecule has 0 saturated carbocycles. The van der Waals surface area contributed by atoms with Gasteiger partial charge in [0.25, 0.3) is 5.88 Å². The monoisotopic (exact) mass is 173 g/mol. The summed E-state index contributed by atoms with van der Waals surface area (Å²) in [6.45, 7) is 0.373. The molecule has 0 atom stereocenters. The molecule has 0 bridgehead atoms. The van der Waals surface area contributed by atoms with Crippen molar-refractivity contribution in [2.75, 3.05) is 0 Å². The van der Waals surface area contributed by atoms with Gasteiger partial charge in [-0.05, 0) is 11.6 Å². The maximum absolute atomic E-state index is 11.1. The zero-order chi connectivity index (χ0) is 9.26. The summed E-state index contributed by atoms with van der Waals surface area (Å²) in [7, 11) is 0. The van der Waals surface area contributed by atoms with Gasteiger partial charge in [-0.1, -0.05) is 18.2 Å². The molecule has 65 valence electrons. The highest BCUT2D eigenvalue weighted by Crippen LogP contribution is 2.20. The van der Waals surface area contributed by atoms with Crippen molar-refractivity contribution in [3.8, 4) is 5.88 Å². The predicted octanol–water partition coefficient (Wildman–Crippen LogP) is 1.84. The molecular formula is C10H9N2O. The first-order valence-corrected chi connectivity index (χ1v) is 4.07. The van der Waals surface area contributed by atoms with Gasteiger partial charge in [-0.2, -0.15) is 0 Å². The number of pyridine rings is 1. The van der Waals surface area contributed by atoms with Crippen molar-refractivity contribution >= 4 is 10.9 Å². The summed E-state index contributed by atoms with van der Waals surface area (Å²) in [6.07, 6.45) is 0. The van der Waals surface area contributed by atoms with Crippen LogP contribution in [-0.4, -0.2) is 4.98 Å². The van der Waals surface area contributed by atoms with E-state index >= 15 is 0 Å². The largest absolute Gasteiger partial charge is 0.326 e. The second-order valence-corrected chi connectivity index (χ2v) is 2.84. The molecule has 2 rings (SSSR count). The number of aromatic nitrogens is 1. The smallest absolute Gasteiger partial charge is 0.270 e. The van der Waals surface area contributed by atoms with Gasteiger partial charge in [0.1, 0.15) is 0 Å². The summed E-state index contributed by atoms with van der Waals surface area (Å²) in [6, 6.07) is 8.99. The number of hydrogen-bond donors (Lipinski definition) is 1. The van der Waals surface area contributed by atoms with E-state index in [9.17, 15) is 5.11 Å². The fourth-order valence-corrected chi connectivity index (χ4v) is 1.39. The Morgan fingerprint density at radius 2 is 2.08 bits per heavy atom. The van der Waals surface area contributed by atoms with Crippen molar-refractivity contribution < 1.29 is 5.11 Å². The van der Waals surface area contributed by atoms with Crippen molar-refractivity contribution in [1.29, 1.82) is 0 Å². The van der Waals surface area contributed by atoms with Crippen LogP contribution in [0.15, 0.2) is 30.3 Å². The minimum atomic E-state index is -0.223. The summed E-state index contributed by atoms with van der Waals surface area (Å²) in [5.41, 5.74) is 7.09. The van der Waals surface area contributed by atoms with Crippen molar-refractivity contribution in [3.63, 3.8) is 0 Å². The van der Waals surface area contributed by atoms with Crippen molar-refractivity contribution in [2.45, 2.75) is 6.54 Å². The maximum Gasteiger partial charge on any atom is 0.270 e. The van der Waals surface area contributed by atoms with Gasteiger partial charge in [0, 0.05) is 18.0 Å². The van der Waals surface area contributed by atoms with Gasteiger partial charge in [0.2, 0.25) is 0 Å². The molecule has 0 aliphatic carbocycles. The molecule has 2 N–H and O–H groups in total. The van der Waals surface area contributed by atoms with E-state index in [4.69, 9.17) is 5.73 Å². The average molecular weight is 173 g/mol. The third-order valence-electron chi connectivity index (χ3n) is 2.00. The first-order chi connectivity index (χ1) is 6.31. The Bertz CT molecular complexity index is 440. The summed E-state index contributed by atoms with van der Waals surface area (Å²) in [4.78, 5) is 3.87. The van der Waals surface area contributed by atoms with Gasteiger partial charge in [0.05, 0.1) is 5.52 Å². The highest BCUT2D eigenvalue weighted by Gasteiger charge is 2.03. The van der Waals surface area contributed by atoms with E-state index in [1.54, 1.807) is 0 Å². The molecule has 0 saturated heterocycles. The number of benzene rings is 1. The number of rotatable bonds is 1. The number of para-hydroxylation sites is 1. The minimum absolute atomic E-state index is 0.223. The topological polar surface area (TPSA) is 58.8 Å². The van der Waals surface area contributed by atoms with Gasteiger partial charge in [0.15, 0.2) is 0 Å². The van der Waals surface area contributed by atoms with Crippen LogP contribution in [0.3, 0.4) is 0 Å². The second-order valence-electron chi connectivity index (χ2n) is 2.84. The lowest BCUT2D eigenvalue weighted by atomic mass is 10.1. The van der Waals surface area contributed by atoms with Gasteiger partial charge in [-0.25, -0.2) is 4.98 Å². The van der Waals surface area contributed by atoms with Crippen LogP contribution in [0, 0.1) is 0 Å². The normalized spacial score (nSPS) is 10.5. The molecule has 1 radical (unpaired) electrons. The molecule has 0 amide bonds. The van der Waals surface area contributed by atoms with Crippen molar-refractivity contribution in [3.05, 3.63) is 35.9 Å². The van der Waals surface area contributed by atoms with E-state index in [1.807, 2.05) is 24.3 Å². The Morgan fingerprint density at radius 1 is 1.31 bits per heavy atom. The fraction of sp³-hybridized carbons (Fsp3) is 0.100. The molecule has 13 heavy (non-hydrogen) atoms. The van der Waals surface area contributed by atoms with E-state index in [0.717, 1.165) is 16.5 Å². The van der Waals surface area contributed by atoms with E-state index in [2.05, 4.69) is 4.98 Å². The van der Waals surface area contributed by atoms with Gasteiger partial charge in [-0.3, -0.25) is 5.11 Å². The highest BCUT2D eigenvalue weighted by atomic mass is 16.3. The van der Waals surface area contributed by atoms with Crippen LogP contribution < -0.4 is 5.73 Å². The molecule has 0 aliphatic heterocycles. The van der Waals surface area contributed by atoms with Crippen LogP contribution in [0.1, 0.15) is 5.56 Å². The van der Waals surface area contributed by atoms with Gasteiger partial charge < -0.3 is 5.73 Å². The maximum atomic E-state index is 11.1. The average Bonchev–Trinajstić information content (AvgIpc) is 2.16. The van der Waals surface area contributed by atoms with E-state index in [-0.39, 0.29) is 5.88 Å². The van der Waals surface area contributed by atoms with E-state index in [0.29, 0.717) is 6.54 Å². The first kappa shape index (κ1) is 8.01. The molecule has 0 unspecified atom stereocenters. The predicted molar refractivity (Wildman–Crippen MR) is 49.8 cm³/mol. The molecule has 1 heterocycles. The summed E-state index contributed by atoms with van der Waals surface area (Å²) in [5, 5.41) is 12.1. The third-order valence-corrected chi connectivity index (χ3v) is 2.00. The van der Waals surface area contributed by atoms with Crippen molar-refractivity contribution in [1.82, 2.24) is 4.98 Å². The van der Waals surface area contributed by atoms with Crippen LogP contribution in [0.2, 0.25) is 0 Å². The van der Waals surface area contributed by atoms with Crippen LogP contribution in [0.4, 0.5) is 0 Å². The van der Waals surface area contributed by atoms with Crippen LogP contribution in [0.5, 0.6) is 5.88 Å². The zero-order valence-corrected chi connectivity index (χ0v) is 7.03. The standard InChI is InChI=1S/C10H9N2O/c11-6-7-5-10(13)12-9-4-2-1-3-8(7)9/h1-5H,6,11H2. The Hall–Kier alpha value is -1.61. The Morgan fingerprint density at radius 3 is 2.85 bits per heavy atom. The molecule has 3 heteroatoms. The number of nitrogens with zero attached hydrogens (tertiary/aromatic N) is 1. The van der Waals surface area contributed by atoms with Crippen LogP contribution in [-0.2, 0) is 11.7 Å². The number of nitrogens with two attached hydrogens (primary N) is 1. The number of fused-ring (bicyclic) bond motifs is 1. The summed E-state index contributed by atoms with van der Waals surface area (Å²) < 4.78 is 0. The molecule has 0 aliphatic rings. The SMILES string of the molecule is NCc1cc([O])nc2ccccc12. The molecule has 3 nitrogen and oxygen atoms in total. The summed E-state index contributed by atoms with van der Waals surface area (Å²) >= 11 is 0. The quantitative estimate of drug-likeness (QED) is 0.715. The molecular weight excluding hydrogens is 164 g/mol. The molecule has 0 fully saturated rings. The van der Waals surface area contributed by atoms with E-state index in [1.165, 1.54) is 6.07 Å². The highest BCUT2D eigenvalue weighted by molar-refractivity contribution is 5.82. The Kier molecular flexibility index (Phi) is 1.87. The van der Waals surface area contributed by atoms with E-state index < -0.39 is 0 Å². The Labute approximate surface area is 75.8 Å². The van der Waals surface area contributed by atoms with Crippen LogP contribution in [0.25, 0.3) is 10.9 Å². The third kappa shape index (κ3) is 1.34. The van der Waals surface area contributed by atoms with Crippen molar-refractivity contribution in [2.24, 2.45) is 5.73 Å². The van der Waals surface area contributed by atoms with Gasteiger partial charge >= 0.3 is 0 Å². The minimum Gasteiger partial charge on any atom is -0.326 e. The number of hydrogen-bond acceptors (Lipinski definition) is 2. The lowest BCUT2D eigenvalue weighted by molar-refractivity contribution is 0.338. The second kappa shape index (κ2) is 3.03. The molecule has 2 aromatic rings. The zero-order valence-electron chi connectivity index (χ0n) is 7.03. The molecule has 1 aromatic heterocycles. The molecule has 1 aromatic carbocycles. The van der Waals surface area contributed by atoms with Crippen LogP contribution >= 0.6 is 0 Å². The lowest BCUT2D eigenvalue weighted by Crippen LogP contribution is -1.97. The lowest BCUT2D eigenvalue weighted by Gasteiger charge is -2.02. The Balaban J connectivity index is 2.81.